The molecule has 0 aliphatic heterocycles. The molecule has 0 aliphatic rings. The summed E-state index contributed by atoms with van der Waals surface area (Å²) >= 11 is 6.11. The van der Waals surface area contributed by atoms with Crippen molar-refractivity contribution in [2.45, 2.75) is 33.7 Å². The van der Waals surface area contributed by atoms with E-state index in [9.17, 15) is 4.39 Å². The monoisotopic (exact) mass is 300 g/mol. The van der Waals surface area contributed by atoms with Crippen LogP contribution in [0.15, 0.2) is 18.2 Å². The van der Waals surface area contributed by atoms with Gasteiger partial charge >= 0.3 is 0 Å². The van der Waals surface area contributed by atoms with Gasteiger partial charge in [0.15, 0.2) is 0 Å². The van der Waals surface area contributed by atoms with E-state index in [2.05, 4.69) is 33.0 Å². The van der Waals surface area contributed by atoms with Crippen LogP contribution in [-0.2, 0) is 0 Å². The molecule has 1 aromatic carbocycles. The number of benzene rings is 1. The zero-order chi connectivity index (χ0) is 15.3. The van der Waals surface area contributed by atoms with Gasteiger partial charge in [0.25, 0.3) is 0 Å². The molecule has 0 saturated heterocycles. The van der Waals surface area contributed by atoms with Gasteiger partial charge in [0.05, 0.1) is 0 Å². The van der Waals surface area contributed by atoms with E-state index >= 15 is 0 Å². The Kier molecular flexibility index (Phi) is 6.93. The number of nitrogens with two attached hydrogens (primary N) is 1. The minimum absolute atomic E-state index is 0.0388. The van der Waals surface area contributed by atoms with Crippen molar-refractivity contribution < 1.29 is 4.39 Å². The quantitative estimate of drug-likeness (QED) is 0.799. The van der Waals surface area contributed by atoms with Crippen molar-refractivity contribution in [2.24, 2.45) is 23.5 Å². The van der Waals surface area contributed by atoms with E-state index in [1.54, 1.807) is 6.07 Å². The second-order valence-corrected chi connectivity index (χ2v) is 6.42. The Bertz CT molecular complexity index is 413. The van der Waals surface area contributed by atoms with Crippen LogP contribution in [-0.4, -0.2) is 13.1 Å². The molecule has 20 heavy (non-hydrogen) atoms. The third-order valence-electron chi connectivity index (χ3n) is 3.89. The molecule has 0 saturated carbocycles. The Morgan fingerprint density at radius 3 is 2.25 bits per heavy atom. The molecule has 3 N–H and O–H groups in total. The topological polar surface area (TPSA) is 38.0 Å². The lowest BCUT2D eigenvalue weighted by molar-refractivity contribution is 0.266. The third-order valence-corrected chi connectivity index (χ3v) is 4.21. The van der Waals surface area contributed by atoms with Crippen molar-refractivity contribution in [1.29, 1.82) is 0 Å². The first-order valence-corrected chi connectivity index (χ1v) is 7.63. The maximum absolute atomic E-state index is 13.1. The summed E-state index contributed by atoms with van der Waals surface area (Å²) in [5.74, 6) is 1.45. The van der Waals surface area contributed by atoms with Crippen molar-refractivity contribution in [2.75, 3.05) is 13.1 Å². The predicted molar refractivity (Wildman–Crippen MR) is 84.4 cm³/mol. The molecule has 1 aromatic rings. The second-order valence-electron chi connectivity index (χ2n) is 6.01. The highest BCUT2D eigenvalue weighted by Gasteiger charge is 2.20. The van der Waals surface area contributed by atoms with E-state index < -0.39 is 0 Å². The van der Waals surface area contributed by atoms with Crippen LogP contribution in [0.1, 0.15) is 39.3 Å². The van der Waals surface area contributed by atoms with Gasteiger partial charge in [-0.1, -0.05) is 45.4 Å². The van der Waals surface area contributed by atoms with Gasteiger partial charge in [-0.3, -0.25) is 0 Å². The fourth-order valence-corrected chi connectivity index (χ4v) is 2.92. The third kappa shape index (κ3) is 4.72. The van der Waals surface area contributed by atoms with E-state index in [0.29, 0.717) is 29.3 Å². The van der Waals surface area contributed by atoms with Crippen LogP contribution < -0.4 is 11.1 Å². The molecule has 0 amide bonds. The lowest BCUT2D eigenvalue weighted by Gasteiger charge is -2.28. The number of hydrogen-bond acceptors (Lipinski definition) is 2. The molecule has 1 rings (SSSR count). The summed E-state index contributed by atoms with van der Waals surface area (Å²) in [5, 5.41) is 3.91. The average molecular weight is 301 g/mol. The molecular formula is C16H26ClFN2. The van der Waals surface area contributed by atoms with Crippen LogP contribution >= 0.6 is 11.6 Å². The zero-order valence-corrected chi connectivity index (χ0v) is 13.5. The van der Waals surface area contributed by atoms with Gasteiger partial charge < -0.3 is 11.1 Å². The van der Waals surface area contributed by atoms with Crippen LogP contribution in [0.4, 0.5) is 4.39 Å². The van der Waals surface area contributed by atoms with Gasteiger partial charge in [0, 0.05) is 17.6 Å². The average Bonchev–Trinajstić information content (AvgIpc) is 2.34. The minimum atomic E-state index is -0.322. The summed E-state index contributed by atoms with van der Waals surface area (Å²) in [4.78, 5) is 0. The summed E-state index contributed by atoms with van der Waals surface area (Å²) < 4.78 is 13.1. The smallest absolute Gasteiger partial charge is 0.124 e. The maximum atomic E-state index is 13.1. The molecule has 0 aromatic heterocycles. The van der Waals surface area contributed by atoms with Gasteiger partial charge in [-0.2, -0.15) is 0 Å². The fraction of sp³-hybridized carbons (Fsp3) is 0.625. The van der Waals surface area contributed by atoms with E-state index in [-0.39, 0.29) is 11.9 Å². The molecule has 0 bridgehead atoms. The molecule has 0 heterocycles. The highest BCUT2D eigenvalue weighted by atomic mass is 35.5. The SMILES string of the molecule is CC(C)C(CNC(CN)c1ccc(F)cc1Cl)C(C)C. The molecule has 0 radical (unpaired) electrons. The Hall–Kier alpha value is -0.640. The van der Waals surface area contributed by atoms with Crippen molar-refractivity contribution >= 4 is 11.6 Å². The first-order valence-electron chi connectivity index (χ1n) is 7.25. The second kappa shape index (κ2) is 7.96. The standard InChI is InChI=1S/C16H26ClFN2/c1-10(2)14(11(3)4)9-20-16(8-19)13-6-5-12(18)7-15(13)17/h5-7,10-11,14,16,20H,8-9,19H2,1-4H3. The van der Waals surface area contributed by atoms with Gasteiger partial charge in [0.1, 0.15) is 5.82 Å². The Morgan fingerprint density at radius 1 is 1.20 bits per heavy atom. The normalized spacial score (nSPS) is 13.5. The van der Waals surface area contributed by atoms with Crippen molar-refractivity contribution in [3.8, 4) is 0 Å². The molecule has 0 spiro atoms. The van der Waals surface area contributed by atoms with Crippen molar-refractivity contribution in [3.63, 3.8) is 0 Å². The first-order chi connectivity index (χ1) is 9.36. The van der Waals surface area contributed by atoms with Crippen LogP contribution in [0.25, 0.3) is 0 Å². The number of nitrogens with one attached hydrogen (secondary N) is 1. The summed E-state index contributed by atoms with van der Waals surface area (Å²) in [6.07, 6.45) is 0. The molecule has 114 valence electrons. The van der Waals surface area contributed by atoms with Crippen LogP contribution in [0.5, 0.6) is 0 Å². The maximum Gasteiger partial charge on any atom is 0.124 e. The molecule has 2 nitrogen and oxygen atoms in total. The van der Waals surface area contributed by atoms with Crippen LogP contribution in [0, 0.1) is 23.6 Å². The van der Waals surface area contributed by atoms with Crippen LogP contribution in [0.3, 0.4) is 0 Å². The summed E-state index contributed by atoms with van der Waals surface area (Å²) in [6, 6.07) is 4.43. The van der Waals surface area contributed by atoms with Gasteiger partial charge in [-0.05, 0) is 42.0 Å². The lowest BCUT2D eigenvalue weighted by Crippen LogP contribution is -2.35. The van der Waals surface area contributed by atoms with Crippen molar-refractivity contribution in [1.82, 2.24) is 5.32 Å². The molecular weight excluding hydrogens is 275 g/mol. The van der Waals surface area contributed by atoms with E-state index in [1.807, 2.05) is 0 Å². The number of halogens is 2. The minimum Gasteiger partial charge on any atom is -0.329 e. The summed E-state index contributed by atoms with van der Waals surface area (Å²) in [6.45, 7) is 10.2. The molecule has 0 fully saturated rings. The zero-order valence-electron chi connectivity index (χ0n) is 12.8. The molecule has 4 heteroatoms. The fourth-order valence-electron chi connectivity index (χ4n) is 2.62. The highest BCUT2D eigenvalue weighted by molar-refractivity contribution is 6.31. The molecule has 1 unspecified atom stereocenters. The van der Waals surface area contributed by atoms with E-state index in [4.69, 9.17) is 17.3 Å². The van der Waals surface area contributed by atoms with Crippen molar-refractivity contribution in [3.05, 3.63) is 34.6 Å². The van der Waals surface area contributed by atoms with Gasteiger partial charge in [-0.15, -0.1) is 0 Å². The summed E-state index contributed by atoms with van der Waals surface area (Å²) in [5.41, 5.74) is 6.70. The summed E-state index contributed by atoms with van der Waals surface area (Å²) in [7, 11) is 0. The lowest BCUT2D eigenvalue weighted by atomic mass is 9.85. The Balaban J connectivity index is 2.76. The van der Waals surface area contributed by atoms with Crippen LogP contribution in [0.2, 0.25) is 5.02 Å². The predicted octanol–water partition coefficient (Wildman–Crippen LogP) is 4.00. The number of rotatable bonds is 7. The van der Waals surface area contributed by atoms with E-state index in [1.165, 1.54) is 12.1 Å². The molecule has 0 aliphatic carbocycles. The Labute approximate surface area is 126 Å². The Morgan fingerprint density at radius 2 is 1.80 bits per heavy atom. The highest BCUT2D eigenvalue weighted by Crippen LogP contribution is 2.25. The molecule has 1 atom stereocenters. The van der Waals surface area contributed by atoms with Gasteiger partial charge in [-0.25, -0.2) is 4.39 Å². The first kappa shape index (κ1) is 17.4. The van der Waals surface area contributed by atoms with Gasteiger partial charge in [0.2, 0.25) is 0 Å². The largest absolute Gasteiger partial charge is 0.329 e. The number of hydrogen-bond donors (Lipinski definition) is 2. The van der Waals surface area contributed by atoms with E-state index in [0.717, 1.165) is 12.1 Å².